The lowest BCUT2D eigenvalue weighted by Crippen LogP contribution is -2.35. The van der Waals surface area contributed by atoms with Gasteiger partial charge in [-0.05, 0) is 48.1 Å². The minimum absolute atomic E-state index is 0.162. The Hall–Kier alpha value is -2.95. The van der Waals surface area contributed by atoms with Crippen LogP contribution in [0.15, 0.2) is 60.8 Å². The summed E-state index contributed by atoms with van der Waals surface area (Å²) in [6, 6.07) is 19.0. The Morgan fingerprint density at radius 1 is 1.19 bits per heavy atom. The van der Waals surface area contributed by atoms with Crippen LogP contribution in [0.2, 0.25) is 0 Å². The normalized spacial score (nSPS) is 18.5. The topological polar surface area (TPSA) is 86.1 Å². The van der Waals surface area contributed by atoms with Gasteiger partial charge in [0.15, 0.2) is 0 Å². The molecule has 3 aromatic rings. The van der Waals surface area contributed by atoms with Crippen LogP contribution in [0.5, 0.6) is 0 Å². The number of aromatic nitrogens is 1. The molecule has 0 bridgehead atoms. The second-order valence-electron chi connectivity index (χ2n) is 6.50. The summed E-state index contributed by atoms with van der Waals surface area (Å²) in [5.41, 5.74) is 2.12. The summed E-state index contributed by atoms with van der Waals surface area (Å²) in [5.74, 6) is 0. The first-order valence-electron chi connectivity index (χ1n) is 8.70. The van der Waals surface area contributed by atoms with E-state index in [4.69, 9.17) is 0 Å². The van der Waals surface area contributed by atoms with E-state index >= 15 is 0 Å². The highest BCUT2D eigenvalue weighted by Crippen LogP contribution is 2.30. The number of anilines is 1. The molecule has 0 radical (unpaired) electrons. The van der Waals surface area contributed by atoms with Gasteiger partial charge in [-0.25, -0.2) is 4.98 Å². The number of hydrogen-bond donors (Lipinski definition) is 1. The molecule has 6 nitrogen and oxygen atoms in total. The smallest absolute Gasteiger partial charge is 0.253 e. The number of benzene rings is 2. The third-order valence-electron chi connectivity index (χ3n) is 4.81. The summed E-state index contributed by atoms with van der Waals surface area (Å²) in [5, 5.41) is 10.7. The lowest BCUT2D eigenvalue weighted by atomic mass is 10.0. The van der Waals surface area contributed by atoms with E-state index in [1.54, 1.807) is 30.5 Å². The van der Waals surface area contributed by atoms with E-state index < -0.39 is 10.2 Å². The van der Waals surface area contributed by atoms with Crippen molar-refractivity contribution in [2.45, 2.75) is 18.9 Å². The highest BCUT2D eigenvalue weighted by Gasteiger charge is 2.36. The van der Waals surface area contributed by atoms with Crippen molar-refractivity contribution >= 4 is 26.7 Å². The van der Waals surface area contributed by atoms with Gasteiger partial charge in [0.25, 0.3) is 0 Å². The van der Waals surface area contributed by atoms with Gasteiger partial charge in [0.05, 0.1) is 11.7 Å². The van der Waals surface area contributed by atoms with Crippen LogP contribution in [0, 0.1) is 11.3 Å². The van der Waals surface area contributed by atoms with E-state index in [1.165, 1.54) is 9.87 Å². The van der Waals surface area contributed by atoms with Gasteiger partial charge in [-0.15, -0.1) is 0 Å². The quantitative estimate of drug-likeness (QED) is 0.756. The van der Waals surface area contributed by atoms with Crippen molar-refractivity contribution in [2.24, 2.45) is 0 Å². The number of fused-ring (bicyclic) bond motifs is 1. The Morgan fingerprint density at radius 2 is 2.00 bits per heavy atom. The predicted molar refractivity (Wildman–Crippen MR) is 104 cm³/mol. The molecule has 0 unspecified atom stereocenters. The Morgan fingerprint density at radius 3 is 2.78 bits per heavy atom. The molecule has 2 heterocycles. The highest BCUT2D eigenvalue weighted by atomic mass is 32.2. The fourth-order valence-corrected chi connectivity index (χ4v) is 4.99. The molecule has 1 saturated heterocycles. The first-order chi connectivity index (χ1) is 13.1. The fourth-order valence-electron chi connectivity index (χ4n) is 3.49. The molecule has 1 fully saturated rings. The Bertz CT molecular complexity index is 1120. The van der Waals surface area contributed by atoms with Crippen molar-refractivity contribution in [1.82, 2.24) is 9.71 Å². The third-order valence-corrected chi connectivity index (χ3v) is 6.37. The number of nitrogens with zero attached hydrogens (tertiary/aromatic N) is 3. The van der Waals surface area contributed by atoms with Gasteiger partial charge in [-0.3, -0.25) is 4.31 Å². The van der Waals surface area contributed by atoms with Crippen LogP contribution in [0.3, 0.4) is 0 Å². The van der Waals surface area contributed by atoms with Gasteiger partial charge in [0.2, 0.25) is 0 Å². The zero-order valence-electron chi connectivity index (χ0n) is 14.5. The van der Waals surface area contributed by atoms with Crippen LogP contribution in [-0.4, -0.2) is 26.0 Å². The summed E-state index contributed by atoms with van der Waals surface area (Å²) in [7, 11) is -3.58. The molecule has 4 rings (SSSR count). The molecule has 1 N–H and O–H groups in total. The number of rotatable bonds is 4. The zero-order valence-corrected chi connectivity index (χ0v) is 15.4. The van der Waals surface area contributed by atoms with Crippen LogP contribution < -0.4 is 9.03 Å². The molecular weight excluding hydrogens is 360 g/mol. The monoisotopic (exact) mass is 378 g/mol. The molecule has 136 valence electrons. The van der Waals surface area contributed by atoms with Crippen LogP contribution >= 0.6 is 0 Å². The number of aryl methyl sites for hydroxylation is 1. The first kappa shape index (κ1) is 17.5. The largest absolute Gasteiger partial charge is 0.301 e. The SMILES string of the molecule is N#Cc1nccc2cc(N3[C@H](CCc4ccccc4)CNS3(=O)=O)ccc12. The number of pyridine rings is 1. The fraction of sp³-hybridized carbons (Fsp3) is 0.200. The van der Waals surface area contributed by atoms with Gasteiger partial charge in [0, 0.05) is 18.1 Å². The molecule has 0 saturated carbocycles. The van der Waals surface area contributed by atoms with Gasteiger partial charge in [0.1, 0.15) is 11.8 Å². The average molecular weight is 378 g/mol. The van der Waals surface area contributed by atoms with E-state index in [-0.39, 0.29) is 6.04 Å². The number of hydrogen-bond acceptors (Lipinski definition) is 4. The highest BCUT2D eigenvalue weighted by molar-refractivity contribution is 7.91. The van der Waals surface area contributed by atoms with E-state index in [2.05, 4.69) is 15.8 Å². The van der Waals surface area contributed by atoms with Crippen molar-refractivity contribution in [1.29, 1.82) is 5.26 Å². The van der Waals surface area contributed by atoms with Crippen molar-refractivity contribution < 1.29 is 8.42 Å². The molecule has 1 atom stereocenters. The Labute approximate surface area is 158 Å². The summed E-state index contributed by atoms with van der Waals surface area (Å²) in [6.07, 6.45) is 3.08. The second-order valence-corrected chi connectivity index (χ2v) is 8.14. The molecular formula is C20H18N4O2S. The molecule has 7 heteroatoms. The van der Waals surface area contributed by atoms with E-state index in [1.807, 2.05) is 30.3 Å². The summed E-state index contributed by atoms with van der Waals surface area (Å²) in [6.45, 7) is 0.382. The van der Waals surface area contributed by atoms with E-state index in [0.717, 1.165) is 11.8 Å². The molecule has 27 heavy (non-hydrogen) atoms. The van der Waals surface area contributed by atoms with E-state index in [0.29, 0.717) is 29.7 Å². The maximum atomic E-state index is 12.6. The molecule has 2 aromatic carbocycles. The maximum Gasteiger partial charge on any atom is 0.301 e. The van der Waals surface area contributed by atoms with Gasteiger partial charge < -0.3 is 0 Å². The van der Waals surface area contributed by atoms with E-state index in [9.17, 15) is 13.7 Å². The van der Waals surface area contributed by atoms with Gasteiger partial charge in [-0.1, -0.05) is 30.3 Å². The summed E-state index contributed by atoms with van der Waals surface area (Å²) in [4.78, 5) is 4.05. The zero-order chi connectivity index (χ0) is 18.9. The lowest BCUT2D eigenvalue weighted by Gasteiger charge is -2.24. The molecule has 0 spiro atoms. The first-order valence-corrected chi connectivity index (χ1v) is 10.1. The molecule has 1 aliphatic heterocycles. The molecule has 1 aliphatic rings. The second kappa shape index (κ2) is 6.99. The van der Waals surface area contributed by atoms with Gasteiger partial charge in [-0.2, -0.15) is 18.4 Å². The summed E-state index contributed by atoms with van der Waals surface area (Å²) >= 11 is 0. The predicted octanol–water partition coefficient (Wildman–Crippen LogP) is 2.76. The Balaban J connectivity index is 1.66. The van der Waals surface area contributed by atoms with Gasteiger partial charge >= 0.3 is 10.2 Å². The van der Waals surface area contributed by atoms with Crippen LogP contribution in [0.1, 0.15) is 17.7 Å². The number of nitriles is 1. The molecule has 0 aliphatic carbocycles. The Kier molecular flexibility index (Phi) is 4.52. The van der Waals surface area contributed by atoms with Crippen molar-refractivity contribution in [3.8, 4) is 6.07 Å². The summed E-state index contributed by atoms with van der Waals surface area (Å²) < 4.78 is 29.3. The number of nitrogens with one attached hydrogen (secondary N) is 1. The van der Waals surface area contributed by atoms with Crippen LogP contribution in [-0.2, 0) is 16.6 Å². The molecule has 1 aromatic heterocycles. The van der Waals surface area contributed by atoms with Crippen LogP contribution in [0.25, 0.3) is 10.8 Å². The maximum absolute atomic E-state index is 12.6. The van der Waals surface area contributed by atoms with Crippen molar-refractivity contribution in [2.75, 3.05) is 10.8 Å². The van der Waals surface area contributed by atoms with Crippen molar-refractivity contribution in [3.05, 3.63) is 72.1 Å². The van der Waals surface area contributed by atoms with Crippen LogP contribution in [0.4, 0.5) is 5.69 Å². The minimum atomic E-state index is -3.58. The van der Waals surface area contributed by atoms with Crippen molar-refractivity contribution in [3.63, 3.8) is 0 Å². The molecule has 0 amide bonds. The standard InChI is InChI=1S/C20H18N4O2S/c21-13-20-19-9-8-17(12-16(19)10-11-22-20)24-18(14-23-27(24,25)26)7-6-15-4-2-1-3-5-15/h1-5,8-12,18,23H,6-7,14H2/t18-/m1/s1. The lowest BCUT2D eigenvalue weighted by molar-refractivity contribution is 0.589. The average Bonchev–Trinajstić information content (AvgIpc) is 3.00. The minimum Gasteiger partial charge on any atom is -0.253 e. The third kappa shape index (κ3) is 3.37.